The number of aryl methyl sites for hydroxylation is 1. The summed E-state index contributed by atoms with van der Waals surface area (Å²) in [5.74, 6) is 1.26. The SMILES string of the molecule is Cc1cnn([C@H]2C[C@H]3CN(Cc4cccnc4)C[C@H]3C[C@@H]2O)c1. The van der Waals surface area contributed by atoms with Gasteiger partial charge in [-0.15, -0.1) is 0 Å². The Balaban J connectivity index is 1.43. The molecule has 0 aromatic carbocycles. The van der Waals surface area contributed by atoms with Crippen molar-refractivity contribution in [2.45, 2.75) is 38.5 Å². The Hall–Kier alpha value is -1.72. The van der Waals surface area contributed by atoms with Crippen LogP contribution in [0.5, 0.6) is 0 Å². The molecule has 0 amide bonds. The van der Waals surface area contributed by atoms with Crippen LogP contribution in [0.15, 0.2) is 36.9 Å². The molecule has 4 atom stereocenters. The van der Waals surface area contributed by atoms with E-state index in [0.717, 1.165) is 38.0 Å². The molecule has 122 valence electrons. The maximum absolute atomic E-state index is 10.6. The Morgan fingerprint density at radius 3 is 2.74 bits per heavy atom. The molecular formula is C18H24N4O. The van der Waals surface area contributed by atoms with Gasteiger partial charge in [-0.3, -0.25) is 14.6 Å². The lowest BCUT2D eigenvalue weighted by molar-refractivity contribution is 0.0306. The van der Waals surface area contributed by atoms with Crippen LogP contribution < -0.4 is 0 Å². The monoisotopic (exact) mass is 312 g/mol. The summed E-state index contributed by atoms with van der Waals surface area (Å²) in [6, 6.07) is 4.26. The molecule has 23 heavy (non-hydrogen) atoms. The van der Waals surface area contributed by atoms with E-state index in [1.54, 1.807) is 0 Å². The van der Waals surface area contributed by atoms with Crippen LogP contribution in [0.25, 0.3) is 0 Å². The average molecular weight is 312 g/mol. The van der Waals surface area contributed by atoms with Gasteiger partial charge >= 0.3 is 0 Å². The standard InChI is InChI=1S/C18H24N4O/c1-13-7-20-22(9-13)17-5-15-11-21(12-16(15)6-18(17)23)10-14-3-2-4-19-8-14/h2-4,7-9,15-18,23H,5-6,10-12H2,1H3/t15-,16+,17-,18-/m0/s1. The predicted molar refractivity (Wildman–Crippen MR) is 87.7 cm³/mol. The number of fused-ring (bicyclic) bond motifs is 1. The lowest BCUT2D eigenvalue weighted by Crippen LogP contribution is -2.36. The minimum atomic E-state index is -0.283. The van der Waals surface area contributed by atoms with Crippen LogP contribution in [0.3, 0.4) is 0 Å². The van der Waals surface area contributed by atoms with Crippen molar-refractivity contribution in [1.29, 1.82) is 0 Å². The minimum absolute atomic E-state index is 0.128. The molecule has 4 rings (SSSR count). The van der Waals surface area contributed by atoms with E-state index in [9.17, 15) is 5.11 Å². The third-order valence-electron chi connectivity index (χ3n) is 5.38. The molecule has 2 aliphatic rings. The summed E-state index contributed by atoms with van der Waals surface area (Å²) in [7, 11) is 0. The topological polar surface area (TPSA) is 54.2 Å². The van der Waals surface area contributed by atoms with Gasteiger partial charge in [0.25, 0.3) is 0 Å². The molecule has 0 spiro atoms. The summed E-state index contributed by atoms with van der Waals surface area (Å²) in [5.41, 5.74) is 2.43. The molecule has 5 heteroatoms. The first-order valence-corrected chi connectivity index (χ1v) is 8.49. The minimum Gasteiger partial charge on any atom is -0.391 e. The van der Waals surface area contributed by atoms with E-state index in [2.05, 4.69) is 27.2 Å². The maximum atomic E-state index is 10.6. The summed E-state index contributed by atoms with van der Waals surface area (Å²) in [4.78, 5) is 6.71. The second-order valence-electron chi connectivity index (χ2n) is 7.18. The van der Waals surface area contributed by atoms with E-state index in [1.165, 1.54) is 5.56 Å². The van der Waals surface area contributed by atoms with E-state index >= 15 is 0 Å². The van der Waals surface area contributed by atoms with Crippen molar-refractivity contribution in [2.24, 2.45) is 11.8 Å². The summed E-state index contributed by atoms with van der Waals surface area (Å²) in [5, 5.41) is 15.0. The summed E-state index contributed by atoms with van der Waals surface area (Å²) in [6.45, 7) is 5.21. The van der Waals surface area contributed by atoms with Crippen molar-refractivity contribution in [3.63, 3.8) is 0 Å². The molecule has 1 saturated heterocycles. The zero-order chi connectivity index (χ0) is 15.8. The van der Waals surface area contributed by atoms with Gasteiger partial charge in [0.1, 0.15) is 0 Å². The van der Waals surface area contributed by atoms with Crippen LogP contribution in [-0.2, 0) is 6.54 Å². The third kappa shape index (κ3) is 3.03. The number of likely N-dealkylation sites (tertiary alicyclic amines) is 1. The van der Waals surface area contributed by atoms with Gasteiger partial charge in [-0.1, -0.05) is 6.07 Å². The number of hydrogen-bond donors (Lipinski definition) is 1. The Morgan fingerprint density at radius 1 is 1.22 bits per heavy atom. The molecule has 1 N–H and O–H groups in total. The number of aliphatic hydroxyl groups excluding tert-OH is 1. The molecule has 5 nitrogen and oxygen atoms in total. The van der Waals surface area contributed by atoms with E-state index in [1.807, 2.05) is 36.3 Å². The van der Waals surface area contributed by atoms with Crippen LogP contribution in [0, 0.1) is 18.8 Å². The smallest absolute Gasteiger partial charge is 0.0781 e. The summed E-state index contributed by atoms with van der Waals surface area (Å²) < 4.78 is 1.97. The number of pyridine rings is 1. The fourth-order valence-corrected chi connectivity index (χ4v) is 4.28. The van der Waals surface area contributed by atoms with Crippen molar-refractivity contribution < 1.29 is 5.11 Å². The third-order valence-corrected chi connectivity index (χ3v) is 5.38. The number of aliphatic hydroxyl groups is 1. The first-order chi connectivity index (χ1) is 11.2. The second kappa shape index (κ2) is 6.06. The van der Waals surface area contributed by atoms with E-state index in [-0.39, 0.29) is 12.1 Å². The van der Waals surface area contributed by atoms with Crippen molar-refractivity contribution >= 4 is 0 Å². The fraction of sp³-hybridized carbons (Fsp3) is 0.556. The zero-order valence-corrected chi connectivity index (χ0v) is 13.5. The lowest BCUT2D eigenvalue weighted by atomic mass is 9.77. The molecule has 1 aliphatic heterocycles. The normalized spacial score (nSPS) is 31.2. The van der Waals surface area contributed by atoms with Crippen molar-refractivity contribution in [3.8, 4) is 0 Å². The fourth-order valence-electron chi connectivity index (χ4n) is 4.28. The number of nitrogens with zero attached hydrogens (tertiary/aromatic N) is 4. The Labute approximate surface area is 137 Å². The lowest BCUT2D eigenvalue weighted by Gasteiger charge is -2.35. The highest BCUT2D eigenvalue weighted by molar-refractivity contribution is 5.09. The van der Waals surface area contributed by atoms with Gasteiger partial charge in [-0.2, -0.15) is 5.10 Å². The van der Waals surface area contributed by atoms with Gasteiger partial charge in [0.15, 0.2) is 0 Å². The number of hydrogen-bond acceptors (Lipinski definition) is 4. The number of rotatable bonds is 3. The quantitative estimate of drug-likeness (QED) is 0.942. The maximum Gasteiger partial charge on any atom is 0.0781 e. The van der Waals surface area contributed by atoms with Crippen LogP contribution in [0.1, 0.15) is 30.0 Å². The van der Waals surface area contributed by atoms with E-state index < -0.39 is 0 Å². The van der Waals surface area contributed by atoms with Gasteiger partial charge < -0.3 is 5.11 Å². The van der Waals surface area contributed by atoms with Gasteiger partial charge in [0.05, 0.1) is 18.3 Å². The van der Waals surface area contributed by atoms with Gasteiger partial charge in [-0.25, -0.2) is 0 Å². The molecule has 0 unspecified atom stereocenters. The Kier molecular flexibility index (Phi) is 3.91. The van der Waals surface area contributed by atoms with Crippen LogP contribution in [0.4, 0.5) is 0 Å². The first-order valence-electron chi connectivity index (χ1n) is 8.49. The first kappa shape index (κ1) is 14.8. The van der Waals surface area contributed by atoms with Crippen molar-refractivity contribution in [2.75, 3.05) is 13.1 Å². The van der Waals surface area contributed by atoms with Crippen LogP contribution in [0.2, 0.25) is 0 Å². The highest BCUT2D eigenvalue weighted by atomic mass is 16.3. The molecule has 1 aliphatic carbocycles. The van der Waals surface area contributed by atoms with Crippen LogP contribution >= 0.6 is 0 Å². The molecule has 2 aromatic heterocycles. The van der Waals surface area contributed by atoms with E-state index in [4.69, 9.17) is 0 Å². The summed E-state index contributed by atoms with van der Waals surface area (Å²) in [6.07, 6.45) is 9.33. The second-order valence-corrected chi connectivity index (χ2v) is 7.18. The molecule has 1 saturated carbocycles. The predicted octanol–water partition coefficient (Wildman–Crippen LogP) is 2.03. The average Bonchev–Trinajstić information content (AvgIpc) is 3.13. The Morgan fingerprint density at radius 2 is 2.04 bits per heavy atom. The van der Waals surface area contributed by atoms with Crippen molar-refractivity contribution in [1.82, 2.24) is 19.7 Å². The molecular weight excluding hydrogens is 288 g/mol. The highest BCUT2D eigenvalue weighted by Gasteiger charge is 2.42. The molecule has 0 radical (unpaired) electrons. The van der Waals surface area contributed by atoms with Gasteiger partial charge in [-0.05, 0) is 48.8 Å². The molecule has 0 bridgehead atoms. The number of aromatic nitrogens is 3. The molecule has 2 fully saturated rings. The zero-order valence-electron chi connectivity index (χ0n) is 13.5. The largest absolute Gasteiger partial charge is 0.391 e. The van der Waals surface area contributed by atoms with Crippen molar-refractivity contribution in [3.05, 3.63) is 48.0 Å². The van der Waals surface area contributed by atoms with E-state index in [0.29, 0.717) is 11.8 Å². The molecule has 3 heterocycles. The summed E-state index contributed by atoms with van der Waals surface area (Å²) >= 11 is 0. The Bertz CT molecular complexity index is 656. The van der Waals surface area contributed by atoms with Gasteiger partial charge in [0.2, 0.25) is 0 Å². The van der Waals surface area contributed by atoms with Crippen LogP contribution in [-0.4, -0.2) is 44.0 Å². The molecule has 2 aromatic rings. The van der Waals surface area contributed by atoms with Gasteiger partial charge in [0, 0.05) is 38.2 Å². The highest BCUT2D eigenvalue weighted by Crippen LogP contribution is 2.41.